The summed E-state index contributed by atoms with van der Waals surface area (Å²) in [6, 6.07) is 4.60. The SMILES string of the molecule is CCCCOc1c(O)c(=O)n(C)c2cc(O)ccc12. The van der Waals surface area contributed by atoms with Crippen LogP contribution in [0.15, 0.2) is 23.0 Å². The summed E-state index contributed by atoms with van der Waals surface area (Å²) < 4.78 is 6.81. The van der Waals surface area contributed by atoms with Gasteiger partial charge in [-0.05, 0) is 18.6 Å². The zero-order valence-electron chi connectivity index (χ0n) is 11.0. The quantitative estimate of drug-likeness (QED) is 0.829. The molecule has 0 fully saturated rings. The van der Waals surface area contributed by atoms with Gasteiger partial charge in [0, 0.05) is 18.5 Å². The zero-order chi connectivity index (χ0) is 14.0. The maximum absolute atomic E-state index is 11.9. The number of hydrogen-bond acceptors (Lipinski definition) is 4. The van der Waals surface area contributed by atoms with Gasteiger partial charge < -0.3 is 19.5 Å². The van der Waals surface area contributed by atoms with Crippen molar-refractivity contribution < 1.29 is 14.9 Å². The Morgan fingerprint density at radius 2 is 2.05 bits per heavy atom. The van der Waals surface area contributed by atoms with Crippen LogP contribution in [-0.2, 0) is 7.05 Å². The van der Waals surface area contributed by atoms with Gasteiger partial charge in [0.1, 0.15) is 5.75 Å². The Labute approximate surface area is 110 Å². The van der Waals surface area contributed by atoms with E-state index in [2.05, 4.69) is 0 Å². The van der Waals surface area contributed by atoms with Crippen LogP contribution in [0, 0.1) is 0 Å². The summed E-state index contributed by atoms with van der Waals surface area (Å²) in [5.41, 5.74) is -0.0149. The lowest BCUT2D eigenvalue weighted by Crippen LogP contribution is -2.17. The lowest BCUT2D eigenvalue weighted by molar-refractivity contribution is 0.294. The van der Waals surface area contributed by atoms with Crippen molar-refractivity contribution >= 4 is 10.9 Å². The minimum atomic E-state index is -0.537. The Morgan fingerprint density at radius 3 is 2.74 bits per heavy atom. The molecule has 1 heterocycles. The van der Waals surface area contributed by atoms with Crippen molar-refractivity contribution in [2.24, 2.45) is 7.05 Å². The van der Waals surface area contributed by atoms with Crippen LogP contribution in [-0.4, -0.2) is 21.4 Å². The van der Waals surface area contributed by atoms with E-state index in [-0.39, 0.29) is 11.5 Å². The summed E-state index contributed by atoms with van der Waals surface area (Å²) >= 11 is 0. The van der Waals surface area contributed by atoms with Gasteiger partial charge in [0.2, 0.25) is 5.75 Å². The van der Waals surface area contributed by atoms with Crippen molar-refractivity contribution in [1.29, 1.82) is 0 Å². The highest BCUT2D eigenvalue weighted by Crippen LogP contribution is 2.33. The first-order valence-electron chi connectivity index (χ1n) is 6.23. The van der Waals surface area contributed by atoms with E-state index in [1.807, 2.05) is 6.92 Å². The van der Waals surface area contributed by atoms with Gasteiger partial charge in [0.25, 0.3) is 5.56 Å². The van der Waals surface area contributed by atoms with Crippen molar-refractivity contribution in [1.82, 2.24) is 4.57 Å². The molecule has 2 N–H and O–H groups in total. The normalized spacial score (nSPS) is 10.8. The molecule has 2 aromatic rings. The van der Waals surface area contributed by atoms with Crippen LogP contribution in [0.3, 0.4) is 0 Å². The maximum atomic E-state index is 11.9. The van der Waals surface area contributed by atoms with Gasteiger partial charge in [-0.25, -0.2) is 0 Å². The molecule has 0 saturated heterocycles. The highest BCUT2D eigenvalue weighted by Gasteiger charge is 2.16. The molecule has 0 aliphatic heterocycles. The van der Waals surface area contributed by atoms with Crippen LogP contribution in [0.25, 0.3) is 10.9 Å². The first-order chi connectivity index (χ1) is 9.06. The molecule has 1 aromatic carbocycles. The molecule has 5 heteroatoms. The Kier molecular flexibility index (Phi) is 3.64. The number of hydrogen-bond donors (Lipinski definition) is 2. The molecule has 2 rings (SSSR count). The molecular weight excluding hydrogens is 246 g/mol. The summed E-state index contributed by atoms with van der Waals surface area (Å²) in [6.45, 7) is 2.47. The second-order valence-electron chi connectivity index (χ2n) is 4.45. The molecule has 102 valence electrons. The lowest BCUT2D eigenvalue weighted by atomic mass is 10.1. The molecule has 0 radical (unpaired) electrons. The number of aromatic hydroxyl groups is 2. The second-order valence-corrected chi connectivity index (χ2v) is 4.45. The minimum Gasteiger partial charge on any atom is -0.508 e. The first-order valence-corrected chi connectivity index (χ1v) is 6.23. The monoisotopic (exact) mass is 263 g/mol. The van der Waals surface area contributed by atoms with Crippen LogP contribution >= 0.6 is 0 Å². The number of nitrogens with zero attached hydrogens (tertiary/aromatic N) is 1. The molecule has 0 amide bonds. The second kappa shape index (κ2) is 5.22. The fourth-order valence-electron chi connectivity index (χ4n) is 1.95. The van der Waals surface area contributed by atoms with E-state index in [9.17, 15) is 15.0 Å². The lowest BCUT2D eigenvalue weighted by Gasteiger charge is -2.13. The Balaban J connectivity index is 2.64. The van der Waals surface area contributed by atoms with Crippen LogP contribution in [0.1, 0.15) is 19.8 Å². The van der Waals surface area contributed by atoms with E-state index in [1.165, 1.54) is 16.7 Å². The standard InChI is InChI=1S/C14H17NO4/c1-3-4-7-19-13-10-6-5-9(16)8-11(10)15(2)14(18)12(13)17/h5-6,8,16-17H,3-4,7H2,1-2H3. The van der Waals surface area contributed by atoms with Gasteiger partial charge in [-0.2, -0.15) is 0 Å². The summed E-state index contributed by atoms with van der Waals surface area (Å²) in [4.78, 5) is 11.9. The molecule has 0 saturated carbocycles. The Morgan fingerprint density at radius 1 is 1.32 bits per heavy atom. The average Bonchev–Trinajstić information content (AvgIpc) is 2.40. The molecule has 1 aromatic heterocycles. The van der Waals surface area contributed by atoms with Crippen LogP contribution in [0.4, 0.5) is 0 Å². The van der Waals surface area contributed by atoms with E-state index < -0.39 is 11.3 Å². The van der Waals surface area contributed by atoms with E-state index in [1.54, 1.807) is 13.1 Å². The summed E-state index contributed by atoms with van der Waals surface area (Å²) in [6.07, 6.45) is 1.80. The van der Waals surface area contributed by atoms with Crippen molar-refractivity contribution in [3.05, 3.63) is 28.6 Å². The van der Waals surface area contributed by atoms with Gasteiger partial charge in [0.15, 0.2) is 5.75 Å². The van der Waals surface area contributed by atoms with Gasteiger partial charge >= 0.3 is 0 Å². The Bertz CT molecular complexity index is 661. The molecule has 0 unspecified atom stereocenters. The van der Waals surface area contributed by atoms with E-state index in [0.717, 1.165) is 12.8 Å². The number of unbranched alkanes of at least 4 members (excludes halogenated alkanes) is 1. The topological polar surface area (TPSA) is 71.7 Å². The largest absolute Gasteiger partial charge is 0.508 e. The third-order valence-corrected chi connectivity index (χ3v) is 3.05. The van der Waals surface area contributed by atoms with Gasteiger partial charge in [-0.15, -0.1) is 0 Å². The Hall–Kier alpha value is -2.17. The van der Waals surface area contributed by atoms with Gasteiger partial charge in [-0.3, -0.25) is 4.79 Å². The molecule has 0 aliphatic rings. The van der Waals surface area contributed by atoms with Crippen LogP contribution < -0.4 is 10.3 Å². The average molecular weight is 263 g/mol. The number of fused-ring (bicyclic) bond motifs is 1. The number of aromatic nitrogens is 1. The van der Waals surface area contributed by atoms with E-state index in [4.69, 9.17) is 4.74 Å². The smallest absolute Gasteiger partial charge is 0.296 e. The summed E-state index contributed by atoms with van der Waals surface area (Å²) in [5, 5.41) is 20.0. The van der Waals surface area contributed by atoms with Crippen molar-refractivity contribution in [2.75, 3.05) is 6.61 Å². The highest BCUT2D eigenvalue weighted by atomic mass is 16.5. The molecule has 19 heavy (non-hydrogen) atoms. The fraction of sp³-hybridized carbons (Fsp3) is 0.357. The third-order valence-electron chi connectivity index (χ3n) is 3.05. The summed E-state index contributed by atoms with van der Waals surface area (Å²) in [5.74, 6) is -0.143. The fourth-order valence-corrected chi connectivity index (χ4v) is 1.95. The van der Waals surface area contributed by atoms with Crippen molar-refractivity contribution in [2.45, 2.75) is 19.8 Å². The molecular formula is C14H17NO4. The molecule has 0 bridgehead atoms. The minimum absolute atomic E-state index is 0.0627. The number of pyridine rings is 1. The molecule has 0 aliphatic carbocycles. The number of ether oxygens (including phenoxy) is 1. The van der Waals surface area contributed by atoms with Crippen molar-refractivity contribution in [3.63, 3.8) is 0 Å². The van der Waals surface area contributed by atoms with Gasteiger partial charge in [-0.1, -0.05) is 13.3 Å². The molecule has 5 nitrogen and oxygen atoms in total. The van der Waals surface area contributed by atoms with Gasteiger partial charge in [0.05, 0.1) is 12.1 Å². The number of benzene rings is 1. The van der Waals surface area contributed by atoms with Crippen LogP contribution in [0.2, 0.25) is 0 Å². The number of aryl methyl sites for hydroxylation is 1. The third kappa shape index (κ3) is 2.36. The van der Waals surface area contributed by atoms with Crippen molar-refractivity contribution in [3.8, 4) is 17.2 Å². The summed E-state index contributed by atoms with van der Waals surface area (Å²) in [7, 11) is 1.54. The molecule has 0 spiro atoms. The zero-order valence-corrected chi connectivity index (χ0v) is 11.0. The highest BCUT2D eigenvalue weighted by molar-refractivity contribution is 5.88. The first kappa shape index (κ1) is 13.3. The predicted molar refractivity (Wildman–Crippen MR) is 72.9 cm³/mol. The number of phenolic OH excluding ortho intramolecular Hbond substituents is 1. The predicted octanol–water partition coefficient (Wildman–Crippen LogP) is 2.13. The number of rotatable bonds is 4. The van der Waals surface area contributed by atoms with E-state index in [0.29, 0.717) is 17.5 Å². The maximum Gasteiger partial charge on any atom is 0.296 e. The van der Waals surface area contributed by atoms with E-state index >= 15 is 0 Å². The number of phenols is 1. The molecule has 0 atom stereocenters. The van der Waals surface area contributed by atoms with Crippen LogP contribution in [0.5, 0.6) is 17.2 Å².